The molecule has 4 heteroatoms. The first-order valence-electron chi connectivity index (χ1n) is 4.49. The summed E-state index contributed by atoms with van der Waals surface area (Å²) in [4.78, 5) is 0. The highest BCUT2D eigenvalue weighted by Gasteiger charge is 2.23. The standard InChI is InChI=1S/C10H12BrNO2/c1-14-10-3-8(11)9(13)2-7(10)6-4-12-5-6/h2-3,6,12-13H,4-5H2,1H3. The van der Waals surface area contributed by atoms with Gasteiger partial charge >= 0.3 is 0 Å². The molecule has 3 nitrogen and oxygen atoms in total. The zero-order chi connectivity index (χ0) is 10.1. The number of phenols is 1. The number of aromatic hydroxyl groups is 1. The van der Waals surface area contributed by atoms with Gasteiger partial charge in [0.15, 0.2) is 0 Å². The second kappa shape index (κ2) is 3.79. The Balaban J connectivity index is 2.40. The highest BCUT2D eigenvalue weighted by atomic mass is 79.9. The van der Waals surface area contributed by atoms with Gasteiger partial charge in [-0.25, -0.2) is 0 Å². The average molecular weight is 258 g/mol. The van der Waals surface area contributed by atoms with E-state index in [0.29, 0.717) is 10.4 Å². The Kier molecular flexibility index (Phi) is 2.65. The zero-order valence-electron chi connectivity index (χ0n) is 7.88. The van der Waals surface area contributed by atoms with E-state index in [1.54, 1.807) is 13.2 Å². The summed E-state index contributed by atoms with van der Waals surface area (Å²) in [7, 11) is 1.65. The fourth-order valence-corrected chi connectivity index (χ4v) is 1.89. The molecule has 1 aliphatic rings. The minimum absolute atomic E-state index is 0.271. The molecule has 0 bridgehead atoms. The number of methoxy groups -OCH3 is 1. The van der Waals surface area contributed by atoms with Crippen molar-refractivity contribution in [2.75, 3.05) is 20.2 Å². The van der Waals surface area contributed by atoms with Crippen LogP contribution in [0.3, 0.4) is 0 Å². The van der Waals surface area contributed by atoms with E-state index in [1.165, 1.54) is 0 Å². The molecule has 1 aromatic carbocycles. The van der Waals surface area contributed by atoms with E-state index in [1.807, 2.05) is 6.07 Å². The monoisotopic (exact) mass is 257 g/mol. The summed E-state index contributed by atoms with van der Waals surface area (Å²) < 4.78 is 5.94. The van der Waals surface area contributed by atoms with Crippen LogP contribution < -0.4 is 10.1 Å². The fraction of sp³-hybridized carbons (Fsp3) is 0.400. The summed E-state index contributed by atoms with van der Waals surface area (Å²) in [5.74, 6) is 1.57. The van der Waals surface area contributed by atoms with Crippen LogP contribution in [0.4, 0.5) is 0 Å². The molecule has 2 N–H and O–H groups in total. The van der Waals surface area contributed by atoms with Crippen LogP contribution in [0.1, 0.15) is 11.5 Å². The number of ether oxygens (including phenoxy) is 1. The maximum atomic E-state index is 9.57. The average Bonchev–Trinajstić information content (AvgIpc) is 2.08. The van der Waals surface area contributed by atoms with Crippen molar-refractivity contribution < 1.29 is 9.84 Å². The Hall–Kier alpha value is -0.740. The molecule has 1 saturated heterocycles. The quantitative estimate of drug-likeness (QED) is 0.850. The Morgan fingerprint density at radius 1 is 1.50 bits per heavy atom. The van der Waals surface area contributed by atoms with Gasteiger partial charge in [0, 0.05) is 24.6 Å². The molecule has 76 valence electrons. The van der Waals surface area contributed by atoms with Crippen molar-refractivity contribution in [3.8, 4) is 11.5 Å². The van der Waals surface area contributed by atoms with Crippen LogP contribution in [0.25, 0.3) is 0 Å². The first kappa shape index (κ1) is 9.80. The van der Waals surface area contributed by atoms with Crippen molar-refractivity contribution in [2.24, 2.45) is 0 Å². The van der Waals surface area contributed by atoms with Crippen molar-refractivity contribution in [1.29, 1.82) is 0 Å². The van der Waals surface area contributed by atoms with Crippen molar-refractivity contribution in [1.82, 2.24) is 5.32 Å². The smallest absolute Gasteiger partial charge is 0.130 e. The molecule has 14 heavy (non-hydrogen) atoms. The molecule has 0 aromatic heterocycles. The number of hydrogen-bond donors (Lipinski definition) is 2. The van der Waals surface area contributed by atoms with Crippen LogP contribution in [0.2, 0.25) is 0 Å². The second-order valence-corrected chi connectivity index (χ2v) is 4.26. The van der Waals surface area contributed by atoms with Gasteiger partial charge in [0.2, 0.25) is 0 Å². The molecule has 0 radical (unpaired) electrons. The minimum Gasteiger partial charge on any atom is -0.507 e. The fourth-order valence-electron chi connectivity index (χ4n) is 1.56. The van der Waals surface area contributed by atoms with E-state index < -0.39 is 0 Å². The predicted octanol–water partition coefficient (Wildman–Crippen LogP) is 1.85. The van der Waals surface area contributed by atoms with Crippen LogP contribution in [0, 0.1) is 0 Å². The summed E-state index contributed by atoms with van der Waals surface area (Å²) in [6, 6.07) is 3.58. The zero-order valence-corrected chi connectivity index (χ0v) is 9.47. The lowest BCUT2D eigenvalue weighted by Gasteiger charge is -2.29. The highest BCUT2D eigenvalue weighted by Crippen LogP contribution is 2.36. The van der Waals surface area contributed by atoms with E-state index in [9.17, 15) is 5.11 Å². The van der Waals surface area contributed by atoms with Crippen molar-refractivity contribution in [2.45, 2.75) is 5.92 Å². The lowest BCUT2D eigenvalue weighted by molar-refractivity contribution is 0.381. The number of benzene rings is 1. The SMILES string of the molecule is COc1cc(Br)c(O)cc1C1CNC1. The molecule has 1 heterocycles. The second-order valence-electron chi connectivity index (χ2n) is 3.40. The summed E-state index contributed by atoms with van der Waals surface area (Å²) in [5.41, 5.74) is 1.08. The van der Waals surface area contributed by atoms with Crippen molar-refractivity contribution in [3.63, 3.8) is 0 Å². The highest BCUT2D eigenvalue weighted by molar-refractivity contribution is 9.10. The van der Waals surface area contributed by atoms with Gasteiger partial charge in [0.05, 0.1) is 11.6 Å². The van der Waals surface area contributed by atoms with Gasteiger partial charge < -0.3 is 15.2 Å². The molecule has 0 atom stereocenters. The summed E-state index contributed by atoms with van der Waals surface area (Å²) in [5, 5.41) is 12.8. The lowest BCUT2D eigenvalue weighted by atomic mass is 9.93. The third-order valence-corrected chi connectivity index (χ3v) is 3.16. The molecular weight excluding hydrogens is 246 g/mol. The summed E-state index contributed by atoms with van der Waals surface area (Å²) >= 11 is 3.26. The van der Waals surface area contributed by atoms with Crippen LogP contribution >= 0.6 is 15.9 Å². The number of nitrogens with one attached hydrogen (secondary N) is 1. The third kappa shape index (κ3) is 1.60. The maximum Gasteiger partial charge on any atom is 0.130 e. The summed E-state index contributed by atoms with van der Waals surface area (Å²) in [6.07, 6.45) is 0. The van der Waals surface area contributed by atoms with Gasteiger partial charge in [-0.3, -0.25) is 0 Å². The molecule has 1 aliphatic heterocycles. The topological polar surface area (TPSA) is 41.5 Å². The number of halogens is 1. The largest absolute Gasteiger partial charge is 0.507 e. The first-order chi connectivity index (χ1) is 6.72. The van der Waals surface area contributed by atoms with Crippen LogP contribution in [0.15, 0.2) is 16.6 Å². The number of rotatable bonds is 2. The van der Waals surface area contributed by atoms with E-state index in [-0.39, 0.29) is 5.75 Å². The molecule has 0 unspecified atom stereocenters. The molecule has 2 rings (SSSR count). The maximum absolute atomic E-state index is 9.57. The van der Waals surface area contributed by atoms with Crippen molar-refractivity contribution >= 4 is 15.9 Å². The molecule has 0 saturated carbocycles. The first-order valence-corrected chi connectivity index (χ1v) is 5.28. The van der Waals surface area contributed by atoms with Crippen molar-refractivity contribution in [3.05, 3.63) is 22.2 Å². The molecule has 0 aliphatic carbocycles. The van der Waals surface area contributed by atoms with Crippen LogP contribution in [-0.2, 0) is 0 Å². The molecular formula is C10H12BrNO2. The van der Waals surface area contributed by atoms with E-state index in [4.69, 9.17) is 4.74 Å². The third-order valence-electron chi connectivity index (χ3n) is 2.52. The van der Waals surface area contributed by atoms with Gasteiger partial charge in [-0.05, 0) is 28.1 Å². The Bertz CT molecular complexity index is 350. The van der Waals surface area contributed by atoms with Gasteiger partial charge in [0.25, 0.3) is 0 Å². The molecule has 0 amide bonds. The number of phenolic OH excluding ortho intramolecular Hbond substituents is 1. The van der Waals surface area contributed by atoms with Gasteiger partial charge in [-0.1, -0.05) is 0 Å². The Morgan fingerprint density at radius 2 is 2.21 bits per heavy atom. The number of hydrogen-bond acceptors (Lipinski definition) is 3. The molecule has 0 spiro atoms. The predicted molar refractivity (Wildman–Crippen MR) is 58.0 cm³/mol. The van der Waals surface area contributed by atoms with Gasteiger partial charge in [-0.15, -0.1) is 0 Å². The van der Waals surface area contributed by atoms with Crippen LogP contribution in [-0.4, -0.2) is 25.3 Å². The molecule has 1 fully saturated rings. The molecule has 1 aromatic rings. The van der Waals surface area contributed by atoms with Crippen LogP contribution in [0.5, 0.6) is 11.5 Å². The van der Waals surface area contributed by atoms with E-state index in [2.05, 4.69) is 21.2 Å². The Morgan fingerprint density at radius 3 is 2.71 bits per heavy atom. The van der Waals surface area contributed by atoms with Gasteiger partial charge in [0.1, 0.15) is 11.5 Å². The minimum atomic E-state index is 0.271. The van der Waals surface area contributed by atoms with E-state index >= 15 is 0 Å². The summed E-state index contributed by atoms with van der Waals surface area (Å²) in [6.45, 7) is 1.91. The normalized spacial score (nSPS) is 16.4. The lowest BCUT2D eigenvalue weighted by Crippen LogP contribution is -2.40. The Labute approximate surface area is 91.2 Å². The van der Waals surface area contributed by atoms with Gasteiger partial charge in [-0.2, -0.15) is 0 Å². The van der Waals surface area contributed by atoms with E-state index in [0.717, 1.165) is 24.4 Å².